The molecule has 0 aromatic heterocycles. The van der Waals surface area contributed by atoms with Gasteiger partial charge >= 0.3 is 5.97 Å². The second-order valence-electron chi connectivity index (χ2n) is 4.76. The number of likely N-dealkylation sites (tertiary alicyclic amines) is 1. The van der Waals surface area contributed by atoms with E-state index in [-0.39, 0.29) is 31.2 Å². The second-order valence-corrected chi connectivity index (χ2v) is 5.17. The smallest absolute Gasteiger partial charge is 0.326 e. The highest BCUT2D eigenvalue weighted by molar-refractivity contribution is 6.31. The number of benzene rings is 1. The van der Waals surface area contributed by atoms with Gasteiger partial charge in [-0.05, 0) is 11.6 Å². The standard InChI is InChI=1S/C15H14ClNO3/c1-2-10-7-14(18)17(9-10)13(15(19)20)8-11-5-3-4-6-12(11)16/h1,3-6,10,13H,7-9H2,(H,19,20)/t10?,13-/m0/s1. The Balaban J connectivity index is 2.21. The van der Waals surface area contributed by atoms with Gasteiger partial charge in [0.25, 0.3) is 0 Å². The molecule has 2 rings (SSSR count). The molecule has 104 valence electrons. The van der Waals surface area contributed by atoms with Gasteiger partial charge in [-0.1, -0.05) is 29.8 Å². The molecule has 2 atom stereocenters. The molecule has 5 heteroatoms. The molecule has 1 heterocycles. The number of carboxylic acid groups (broad SMARTS) is 1. The van der Waals surface area contributed by atoms with Crippen molar-refractivity contribution in [2.75, 3.05) is 6.54 Å². The average molecular weight is 292 g/mol. The number of halogens is 1. The molecule has 1 amide bonds. The van der Waals surface area contributed by atoms with Crippen LogP contribution in [-0.2, 0) is 16.0 Å². The Labute approximate surface area is 122 Å². The number of nitrogens with zero attached hydrogens (tertiary/aromatic N) is 1. The number of carbonyl (C=O) groups is 2. The molecule has 1 aromatic rings. The number of carboxylic acids is 1. The van der Waals surface area contributed by atoms with Crippen molar-refractivity contribution < 1.29 is 14.7 Å². The number of hydrogen-bond donors (Lipinski definition) is 1. The molecule has 4 nitrogen and oxygen atoms in total. The number of terminal acetylenes is 1. The van der Waals surface area contributed by atoms with Crippen molar-refractivity contribution in [1.82, 2.24) is 4.90 Å². The van der Waals surface area contributed by atoms with Crippen LogP contribution in [-0.4, -0.2) is 34.5 Å². The highest BCUT2D eigenvalue weighted by atomic mass is 35.5. The lowest BCUT2D eigenvalue weighted by atomic mass is 10.0. The topological polar surface area (TPSA) is 57.6 Å². The van der Waals surface area contributed by atoms with Crippen molar-refractivity contribution in [3.05, 3.63) is 34.9 Å². The second kappa shape index (κ2) is 5.98. The fraction of sp³-hybridized carbons (Fsp3) is 0.333. The van der Waals surface area contributed by atoms with Crippen LogP contribution >= 0.6 is 11.6 Å². The SMILES string of the molecule is C#CC1CC(=O)N([C@@H](Cc2ccccc2Cl)C(=O)O)C1. The number of aliphatic carboxylic acids is 1. The molecule has 0 saturated carbocycles. The molecule has 0 spiro atoms. The first kappa shape index (κ1) is 14.4. The quantitative estimate of drug-likeness (QED) is 0.861. The number of rotatable bonds is 4. The Hall–Kier alpha value is -1.99. The summed E-state index contributed by atoms with van der Waals surface area (Å²) in [5, 5.41) is 9.87. The van der Waals surface area contributed by atoms with Crippen LogP contribution in [0.15, 0.2) is 24.3 Å². The molecule has 1 fully saturated rings. The van der Waals surface area contributed by atoms with Crippen LogP contribution in [0.5, 0.6) is 0 Å². The third-order valence-corrected chi connectivity index (χ3v) is 3.80. The minimum absolute atomic E-state index is 0.179. The first-order valence-electron chi connectivity index (χ1n) is 6.24. The first-order chi connectivity index (χ1) is 9.52. The van der Waals surface area contributed by atoms with E-state index in [4.69, 9.17) is 18.0 Å². The summed E-state index contributed by atoms with van der Waals surface area (Å²) in [6.45, 7) is 0.288. The molecule has 0 radical (unpaired) electrons. The van der Waals surface area contributed by atoms with Crippen LogP contribution in [0.1, 0.15) is 12.0 Å². The minimum atomic E-state index is -1.05. The summed E-state index contributed by atoms with van der Waals surface area (Å²) in [5.74, 6) is 1.04. The molecular formula is C15H14ClNO3. The van der Waals surface area contributed by atoms with E-state index in [9.17, 15) is 14.7 Å². The summed E-state index contributed by atoms with van der Waals surface area (Å²) in [6, 6.07) is 6.09. The van der Waals surface area contributed by atoms with E-state index >= 15 is 0 Å². The predicted molar refractivity (Wildman–Crippen MR) is 75.2 cm³/mol. The van der Waals surface area contributed by atoms with Crippen LogP contribution in [0.2, 0.25) is 5.02 Å². The van der Waals surface area contributed by atoms with E-state index in [1.807, 2.05) is 0 Å². The highest BCUT2D eigenvalue weighted by Gasteiger charge is 2.37. The summed E-state index contributed by atoms with van der Waals surface area (Å²) < 4.78 is 0. The molecule has 1 aliphatic heterocycles. The number of carbonyl (C=O) groups excluding carboxylic acids is 1. The van der Waals surface area contributed by atoms with E-state index in [0.29, 0.717) is 10.6 Å². The van der Waals surface area contributed by atoms with Crippen LogP contribution < -0.4 is 0 Å². The van der Waals surface area contributed by atoms with Crippen molar-refractivity contribution in [3.8, 4) is 12.3 Å². The fourth-order valence-electron chi connectivity index (χ4n) is 2.35. The van der Waals surface area contributed by atoms with E-state index in [1.165, 1.54) is 4.90 Å². The molecule has 1 saturated heterocycles. The Morgan fingerprint density at radius 2 is 2.25 bits per heavy atom. The van der Waals surface area contributed by atoms with Gasteiger partial charge < -0.3 is 10.0 Å². The lowest BCUT2D eigenvalue weighted by Crippen LogP contribution is -2.43. The number of amides is 1. The van der Waals surface area contributed by atoms with E-state index in [1.54, 1.807) is 24.3 Å². The zero-order valence-corrected chi connectivity index (χ0v) is 11.5. The van der Waals surface area contributed by atoms with Crippen molar-refractivity contribution in [3.63, 3.8) is 0 Å². The van der Waals surface area contributed by atoms with Gasteiger partial charge in [0.1, 0.15) is 6.04 Å². The Morgan fingerprint density at radius 3 is 2.80 bits per heavy atom. The van der Waals surface area contributed by atoms with Crippen LogP contribution in [0.3, 0.4) is 0 Å². The van der Waals surface area contributed by atoms with Crippen LogP contribution in [0.4, 0.5) is 0 Å². The minimum Gasteiger partial charge on any atom is -0.480 e. The fourth-order valence-corrected chi connectivity index (χ4v) is 2.56. The lowest BCUT2D eigenvalue weighted by Gasteiger charge is -2.24. The van der Waals surface area contributed by atoms with Gasteiger partial charge in [0.05, 0.1) is 0 Å². The molecule has 0 bridgehead atoms. The van der Waals surface area contributed by atoms with Crippen LogP contribution in [0, 0.1) is 18.3 Å². The summed E-state index contributed by atoms with van der Waals surface area (Å²) in [5.41, 5.74) is 0.707. The summed E-state index contributed by atoms with van der Waals surface area (Å²) in [6.07, 6.45) is 5.70. The molecule has 1 unspecified atom stereocenters. The van der Waals surface area contributed by atoms with Gasteiger partial charge in [0.2, 0.25) is 5.91 Å². The average Bonchev–Trinajstić information content (AvgIpc) is 2.78. The predicted octanol–water partition coefficient (Wildman–Crippen LogP) is 1.82. The van der Waals surface area contributed by atoms with E-state index in [2.05, 4.69) is 5.92 Å². The largest absolute Gasteiger partial charge is 0.480 e. The summed E-state index contributed by atoms with van der Waals surface area (Å²) in [4.78, 5) is 24.7. The van der Waals surface area contributed by atoms with Crippen molar-refractivity contribution in [2.45, 2.75) is 18.9 Å². The van der Waals surface area contributed by atoms with Gasteiger partial charge in [-0.15, -0.1) is 12.3 Å². The molecule has 0 aliphatic carbocycles. The normalized spacial score (nSPS) is 19.7. The summed E-state index contributed by atoms with van der Waals surface area (Å²) in [7, 11) is 0. The molecular weight excluding hydrogens is 278 g/mol. The van der Waals surface area contributed by atoms with Gasteiger partial charge in [-0.25, -0.2) is 4.79 Å². The van der Waals surface area contributed by atoms with Gasteiger partial charge in [0, 0.05) is 30.3 Å². The van der Waals surface area contributed by atoms with E-state index in [0.717, 1.165) is 0 Å². The van der Waals surface area contributed by atoms with Crippen molar-refractivity contribution in [2.24, 2.45) is 5.92 Å². The Kier molecular flexibility index (Phi) is 4.31. The number of hydrogen-bond acceptors (Lipinski definition) is 2. The monoisotopic (exact) mass is 291 g/mol. The maximum Gasteiger partial charge on any atom is 0.326 e. The molecule has 1 aliphatic rings. The maximum absolute atomic E-state index is 11.9. The van der Waals surface area contributed by atoms with Crippen molar-refractivity contribution in [1.29, 1.82) is 0 Å². The zero-order chi connectivity index (χ0) is 14.7. The van der Waals surface area contributed by atoms with Gasteiger partial charge in [-0.2, -0.15) is 0 Å². The van der Waals surface area contributed by atoms with Crippen molar-refractivity contribution >= 4 is 23.5 Å². The molecule has 20 heavy (non-hydrogen) atoms. The highest BCUT2D eigenvalue weighted by Crippen LogP contribution is 2.24. The van der Waals surface area contributed by atoms with Crippen LogP contribution in [0.25, 0.3) is 0 Å². The molecule has 1 aromatic carbocycles. The Morgan fingerprint density at radius 1 is 1.55 bits per heavy atom. The first-order valence-corrected chi connectivity index (χ1v) is 6.62. The lowest BCUT2D eigenvalue weighted by molar-refractivity contribution is -0.148. The van der Waals surface area contributed by atoms with E-state index < -0.39 is 12.0 Å². The Bertz CT molecular complexity index is 579. The summed E-state index contributed by atoms with van der Waals surface area (Å²) >= 11 is 6.04. The van der Waals surface area contributed by atoms with Gasteiger partial charge in [-0.3, -0.25) is 4.79 Å². The molecule has 1 N–H and O–H groups in total. The third-order valence-electron chi connectivity index (χ3n) is 3.43. The third kappa shape index (κ3) is 2.94. The zero-order valence-electron chi connectivity index (χ0n) is 10.8. The maximum atomic E-state index is 11.9. The van der Waals surface area contributed by atoms with Gasteiger partial charge in [0.15, 0.2) is 0 Å².